The van der Waals surface area contributed by atoms with Gasteiger partial charge in [0.25, 0.3) is 0 Å². The van der Waals surface area contributed by atoms with Crippen LogP contribution in [0.4, 0.5) is 17.6 Å². The second-order valence-electron chi connectivity index (χ2n) is 3.17. The van der Waals surface area contributed by atoms with Crippen molar-refractivity contribution in [2.45, 2.75) is 5.51 Å². The SMILES string of the molecule is O=S(=O)(Oc1cc(F)cn2nccc12)C(F)(F)F. The zero-order chi connectivity index (χ0) is 13.6. The minimum absolute atomic E-state index is 0.107. The summed E-state index contributed by atoms with van der Waals surface area (Å²) in [6.45, 7) is 0. The van der Waals surface area contributed by atoms with Gasteiger partial charge in [0.2, 0.25) is 0 Å². The van der Waals surface area contributed by atoms with Crippen molar-refractivity contribution in [3.63, 3.8) is 0 Å². The standard InChI is InChI=1S/C8H4F4N2O3S/c9-5-3-7(6-1-2-13-14(6)4-5)17-18(15,16)8(10,11)12/h1-4H. The van der Waals surface area contributed by atoms with Crippen molar-refractivity contribution in [1.82, 2.24) is 9.61 Å². The highest BCUT2D eigenvalue weighted by molar-refractivity contribution is 7.88. The highest BCUT2D eigenvalue weighted by Crippen LogP contribution is 2.29. The van der Waals surface area contributed by atoms with E-state index in [2.05, 4.69) is 9.28 Å². The van der Waals surface area contributed by atoms with Gasteiger partial charge in [-0.15, -0.1) is 0 Å². The molecule has 0 N–H and O–H groups in total. The molecule has 2 rings (SSSR count). The first-order valence-corrected chi connectivity index (χ1v) is 5.75. The third-order valence-electron chi connectivity index (χ3n) is 1.92. The molecule has 0 aliphatic carbocycles. The molecule has 0 atom stereocenters. The van der Waals surface area contributed by atoms with E-state index in [1.807, 2.05) is 0 Å². The van der Waals surface area contributed by atoms with Gasteiger partial charge in [-0.05, 0) is 6.07 Å². The molecule has 0 fully saturated rings. The van der Waals surface area contributed by atoms with Gasteiger partial charge in [0.15, 0.2) is 5.75 Å². The van der Waals surface area contributed by atoms with Crippen molar-refractivity contribution < 1.29 is 30.2 Å². The maximum absolute atomic E-state index is 13.0. The molecule has 98 valence electrons. The Hall–Kier alpha value is -1.84. The maximum Gasteiger partial charge on any atom is 0.534 e. The molecule has 0 radical (unpaired) electrons. The Bertz CT molecular complexity index is 692. The first-order chi connectivity index (χ1) is 8.21. The first-order valence-electron chi connectivity index (χ1n) is 4.34. The third-order valence-corrected chi connectivity index (χ3v) is 2.89. The molecule has 0 aliphatic rings. The Morgan fingerprint density at radius 1 is 1.33 bits per heavy atom. The van der Waals surface area contributed by atoms with E-state index in [1.54, 1.807) is 0 Å². The summed E-state index contributed by atoms with van der Waals surface area (Å²) < 4.78 is 75.7. The summed E-state index contributed by atoms with van der Waals surface area (Å²) in [7, 11) is -5.84. The lowest BCUT2D eigenvalue weighted by Crippen LogP contribution is -2.28. The number of nitrogens with zero attached hydrogens (tertiary/aromatic N) is 2. The summed E-state index contributed by atoms with van der Waals surface area (Å²) in [6.07, 6.45) is 2.02. The van der Waals surface area contributed by atoms with Crippen LogP contribution in [0, 0.1) is 5.82 Å². The van der Waals surface area contributed by atoms with Crippen molar-refractivity contribution in [2.75, 3.05) is 0 Å². The summed E-state index contributed by atoms with van der Waals surface area (Å²) >= 11 is 0. The van der Waals surface area contributed by atoms with Crippen LogP contribution in [0.15, 0.2) is 24.5 Å². The van der Waals surface area contributed by atoms with Crippen molar-refractivity contribution in [3.05, 3.63) is 30.3 Å². The summed E-state index contributed by atoms with van der Waals surface area (Å²) in [5, 5.41) is 3.55. The molecule has 0 saturated heterocycles. The van der Waals surface area contributed by atoms with E-state index in [1.165, 1.54) is 6.07 Å². The van der Waals surface area contributed by atoms with Crippen LogP contribution in [0.5, 0.6) is 5.75 Å². The smallest absolute Gasteiger partial charge is 0.374 e. The fraction of sp³-hybridized carbons (Fsp3) is 0.125. The monoisotopic (exact) mass is 284 g/mol. The Balaban J connectivity index is 2.53. The molecule has 2 aromatic rings. The third kappa shape index (κ3) is 2.10. The molecular formula is C8H4F4N2O3S. The van der Waals surface area contributed by atoms with Crippen LogP contribution in [0.25, 0.3) is 5.52 Å². The number of aromatic nitrogens is 2. The normalized spacial score (nSPS) is 12.9. The van der Waals surface area contributed by atoms with Crippen molar-refractivity contribution in [1.29, 1.82) is 0 Å². The lowest BCUT2D eigenvalue weighted by atomic mass is 10.4. The van der Waals surface area contributed by atoms with Crippen LogP contribution < -0.4 is 4.18 Å². The molecule has 2 aromatic heterocycles. The molecule has 5 nitrogen and oxygen atoms in total. The zero-order valence-corrected chi connectivity index (χ0v) is 9.17. The molecule has 2 heterocycles. The van der Waals surface area contributed by atoms with Gasteiger partial charge in [0.1, 0.15) is 11.3 Å². The number of hydrogen-bond acceptors (Lipinski definition) is 4. The molecule has 0 saturated carbocycles. The van der Waals surface area contributed by atoms with Crippen LogP contribution in [0.3, 0.4) is 0 Å². The number of alkyl halides is 3. The van der Waals surface area contributed by atoms with Gasteiger partial charge in [-0.3, -0.25) is 0 Å². The quantitative estimate of drug-likeness (QED) is 0.478. The van der Waals surface area contributed by atoms with E-state index in [9.17, 15) is 26.0 Å². The van der Waals surface area contributed by atoms with Crippen LogP contribution in [0.1, 0.15) is 0 Å². The number of pyridine rings is 1. The van der Waals surface area contributed by atoms with Gasteiger partial charge in [0, 0.05) is 6.07 Å². The van der Waals surface area contributed by atoms with Crippen LogP contribution in [-0.4, -0.2) is 23.5 Å². The van der Waals surface area contributed by atoms with Gasteiger partial charge >= 0.3 is 15.6 Å². The molecule has 0 amide bonds. The molecule has 0 bridgehead atoms. The topological polar surface area (TPSA) is 60.7 Å². The highest BCUT2D eigenvalue weighted by atomic mass is 32.2. The molecule has 0 spiro atoms. The second kappa shape index (κ2) is 3.83. The Labute approximate surface area is 97.7 Å². The minimum atomic E-state index is -5.84. The lowest BCUT2D eigenvalue weighted by molar-refractivity contribution is -0.0499. The van der Waals surface area contributed by atoms with Crippen molar-refractivity contribution >= 4 is 15.6 Å². The van der Waals surface area contributed by atoms with Gasteiger partial charge in [-0.25, -0.2) is 8.91 Å². The molecular weight excluding hydrogens is 280 g/mol. The molecule has 0 unspecified atom stereocenters. The van der Waals surface area contributed by atoms with E-state index in [-0.39, 0.29) is 5.52 Å². The van der Waals surface area contributed by atoms with Crippen molar-refractivity contribution in [3.8, 4) is 5.75 Å². The van der Waals surface area contributed by atoms with E-state index in [4.69, 9.17) is 0 Å². The van der Waals surface area contributed by atoms with Crippen LogP contribution in [0.2, 0.25) is 0 Å². The summed E-state index contributed by atoms with van der Waals surface area (Å²) in [5.41, 5.74) is -5.69. The van der Waals surface area contributed by atoms with Crippen molar-refractivity contribution in [2.24, 2.45) is 0 Å². The van der Waals surface area contributed by atoms with E-state index >= 15 is 0 Å². The summed E-state index contributed by atoms with van der Waals surface area (Å²) in [4.78, 5) is 0. The summed E-state index contributed by atoms with van der Waals surface area (Å²) in [5.74, 6) is -1.77. The maximum atomic E-state index is 13.0. The second-order valence-corrected chi connectivity index (χ2v) is 4.70. The van der Waals surface area contributed by atoms with Crippen LogP contribution in [-0.2, 0) is 10.1 Å². The molecule has 0 aromatic carbocycles. The molecule has 0 aliphatic heterocycles. The average molecular weight is 284 g/mol. The molecule has 10 heteroatoms. The van der Waals surface area contributed by atoms with E-state index < -0.39 is 27.2 Å². The summed E-state index contributed by atoms with van der Waals surface area (Å²) in [6, 6.07) is 1.71. The average Bonchev–Trinajstić information content (AvgIpc) is 2.62. The lowest BCUT2D eigenvalue weighted by Gasteiger charge is -2.10. The van der Waals surface area contributed by atoms with E-state index in [0.29, 0.717) is 6.07 Å². The predicted octanol–water partition coefficient (Wildman–Crippen LogP) is 1.70. The zero-order valence-electron chi connectivity index (χ0n) is 8.35. The first kappa shape index (κ1) is 12.6. The Morgan fingerprint density at radius 2 is 2.00 bits per heavy atom. The number of halogens is 4. The van der Waals surface area contributed by atoms with Gasteiger partial charge < -0.3 is 4.18 Å². The highest BCUT2D eigenvalue weighted by Gasteiger charge is 2.48. The molecule has 18 heavy (non-hydrogen) atoms. The number of fused-ring (bicyclic) bond motifs is 1. The van der Waals surface area contributed by atoms with Gasteiger partial charge in [-0.2, -0.15) is 26.7 Å². The fourth-order valence-electron chi connectivity index (χ4n) is 1.20. The number of rotatable bonds is 2. The van der Waals surface area contributed by atoms with Crippen LogP contribution >= 0.6 is 0 Å². The largest absolute Gasteiger partial charge is 0.534 e. The minimum Gasteiger partial charge on any atom is -0.374 e. The predicted molar refractivity (Wildman–Crippen MR) is 50.8 cm³/mol. The van der Waals surface area contributed by atoms with Gasteiger partial charge in [-0.1, -0.05) is 0 Å². The van der Waals surface area contributed by atoms with E-state index in [0.717, 1.165) is 16.9 Å². The fourth-order valence-corrected chi connectivity index (χ4v) is 1.66. The Morgan fingerprint density at radius 3 is 2.61 bits per heavy atom. The van der Waals surface area contributed by atoms with Gasteiger partial charge in [0.05, 0.1) is 12.4 Å². The number of hydrogen-bond donors (Lipinski definition) is 0. The Kier molecular flexibility index (Phi) is 2.69.